The Hall–Kier alpha value is -1.26. The van der Waals surface area contributed by atoms with Gasteiger partial charge in [-0.15, -0.1) is 0 Å². The summed E-state index contributed by atoms with van der Waals surface area (Å²) in [6.07, 6.45) is 0. The van der Waals surface area contributed by atoms with E-state index < -0.39 is 5.54 Å². The Morgan fingerprint density at radius 2 is 1.72 bits per heavy atom. The predicted octanol–water partition coefficient (Wildman–Crippen LogP) is 2.01. The molecular weight excluding hydrogens is 228 g/mol. The molecule has 1 atom stereocenters. The number of aryl methyl sites for hydroxylation is 1. The molecule has 0 saturated carbocycles. The minimum atomic E-state index is -0.400. The average molecular weight is 252 g/mol. The number of hydrogen-bond donors (Lipinski definition) is 2. The van der Waals surface area contributed by atoms with Gasteiger partial charge in [-0.05, 0) is 45.5 Å². The zero-order valence-electron chi connectivity index (χ0n) is 12.1. The van der Waals surface area contributed by atoms with Crippen molar-refractivity contribution in [1.29, 1.82) is 0 Å². The van der Waals surface area contributed by atoms with E-state index in [1.165, 1.54) is 0 Å². The third-order valence-electron chi connectivity index (χ3n) is 3.09. The van der Waals surface area contributed by atoms with Crippen LogP contribution in [0.2, 0.25) is 0 Å². The van der Waals surface area contributed by atoms with E-state index in [0.717, 1.165) is 22.6 Å². The van der Waals surface area contributed by atoms with Crippen LogP contribution >= 0.6 is 0 Å². The fourth-order valence-corrected chi connectivity index (χ4v) is 2.23. The minimum Gasteiger partial charge on any atom is -0.496 e. The normalized spacial score (nSPS) is 13.3. The molecular formula is C14H24N2O2. The summed E-state index contributed by atoms with van der Waals surface area (Å²) in [5.74, 6) is 1.67. The van der Waals surface area contributed by atoms with E-state index in [9.17, 15) is 0 Å². The minimum absolute atomic E-state index is 0.0121. The highest BCUT2D eigenvalue weighted by Crippen LogP contribution is 2.35. The van der Waals surface area contributed by atoms with Gasteiger partial charge in [0.15, 0.2) is 0 Å². The first kappa shape index (κ1) is 14.8. The van der Waals surface area contributed by atoms with Crippen LogP contribution < -0.4 is 20.5 Å². The molecule has 0 heterocycles. The molecule has 4 heteroatoms. The molecule has 0 aliphatic carbocycles. The first-order valence-electron chi connectivity index (χ1n) is 6.03. The van der Waals surface area contributed by atoms with Crippen LogP contribution in [0.5, 0.6) is 11.5 Å². The molecule has 1 rings (SSSR count). The summed E-state index contributed by atoms with van der Waals surface area (Å²) >= 11 is 0. The van der Waals surface area contributed by atoms with Crippen molar-refractivity contribution in [2.24, 2.45) is 5.73 Å². The molecule has 0 aliphatic rings. The second-order valence-electron chi connectivity index (χ2n) is 5.11. The first-order valence-corrected chi connectivity index (χ1v) is 6.03. The second kappa shape index (κ2) is 5.59. The number of rotatable bonds is 5. The molecule has 0 saturated heterocycles. The van der Waals surface area contributed by atoms with Crippen LogP contribution in [0.1, 0.15) is 31.0 Å². The van der Waals surface area contributed by atoms with Crippen molar-refractivity contribution >= 4 is 0 Å². The number of hydrogen-bond acceptors (Lipinski definition) is 4. The van der Waals surface area contributed by atoms with Gasteiger partial charge in [0.05, 0.1) is 20.3 Å². The predicted molar refractivity (Wildman–Crippen MR) is 74.4 cm³/mol. The monoisotopic (exact) mass is 252 g/mol. The number of ether oxygens (including phenoxy) is 2. The molecule has 102 valence electrons. The van der Waals surface area contributed by atoms with Crippen LogP contribution in [0.4, 0.5) is 0 Å². The SMILES string of the molecule is CNC(c1cc(OC)c(C)cc1OC)C(C)(C)N. The van der Waals surface area contributed by atoms with E-state index in [4.69, 9.17) is 15.2 Å². The average Bonchev–Trinajstić information content (AvgIpc) is 2.29. The Bertz CT molecular complexity index is 411. The van der Waals surface area contributed by atoms with Gasteiger partial charge in [-0.1, -0.05) is 0 Å². The number of nitrogens with two attached hydrogens (primary N) is 1. The summed E-state index contributed by atoms with van der Waals surface area (Å²) in [5, 5.41) is 3.24. The summed E-state index contributed by atoms with van der Waals surface area (Å²) < 4.78 is 10.8. The van der Waals surface area contributed by atoms with Gasteiger partial charge in [0.25, 0.3) is 0 Å². The van der Waals surface area contributed by atoms with Gasteiger partial charge in [0.1, 0.15) is 11.5 Å². The van der Waals surface area contributed by atoms with E-state index in [1.54, 1.807) is 14.2 Å². The van der Waals surface area contributed by atoms with Gasteiger partial charge in [0, 0.05) is 11.1 Å². The number of benzene rings is 1. The largest absolute Gasteiger partial charge is 0.496 e. The van der Waals surface area contributed by atoms with Crippen LogP contribution in [-0.4, -0.2) is 26.8 Å². The quantitative estimate of drug-likeness (QED) is 0.841. The maximum absolute atomic E-state index is 6.22. The van der Waals surface area contributed by atoms with E-state index in [-0.39, 0.29) is 6.04 Å². The van der Waals surface area contributed by atoms with E-state index in [1.807, 2.05) is 40.0 Å². The molecule has 0 aliphatic heterocycles. The highest BCUT2D eigenvalue weighted by Gasteiger charge is 2.28. The standard InChI is InChI=1S/C14H24N2O2/c1-9-7-12(18-6)10(8-11(9)17-5)13(16-4)14(2,3)15/h7-8,13,16H,15H2,1-6H3. The summed E-state index contributed by atoms with van der Waals surface area (Å²) in [5.41, 5.74) is 7.87. The van der Waals surface area contributed by atoms with Crippen molar-refractivity contribution in [3.05, 3.63) is 23.3 Å². The highest BCUT2D eigenvalue weighted by molar-refractivity contribution is 5.48. The third-order valence-corrected chi connectivity index (χ3v) is 3.09. The molecule has 1 unspecified atom stereocenters. The van der Waals surface area contributed by atoms with Gasteiger partial charge in [0.2, 0.25) is 0 Å². The van der Waals surface area contributed by atoms with Crippen molar-refractivity contribution in [2.45, 2.75) is 32.4 Å². The van der Waals surface area contributed by atoms with Crippen LogP contribution in [-0.2, 0) is 0 Å². The van der Waals surface area contributed by atoms with Crippen LogP contribution in [0.3, 0.4) is 0 Å². The van der Waals surface area contributed by atoms with Gasteiger partial charge in [-0.2, -0.15) is 0 Å². The Kier molecular flexibility index (Phi) is 4.59. The Morgan fingerprint density at radius 3 is 2.11 bits per heavy atom. The van der Waals surface area contributed by atoms with E-state index >= 15 is 0 Å². The second-order valence-corrected chi connectivity index (χ2v) is 5.11. The van der Waals surface area contributed by atoms with Crippen LogP contribution in [0, 0.1) is 6.92 Å². The summed E-state index contributed by atoms with van der Waals surface area (Å²) in [6.45, 7) is 5.97. The summed E-state index contributed by atoms with van der Waals surface area (Å²) in [6, 6.07) is 3.95. The summed E-state index contributed by atoms with van der Waals surface area (Å²) in [4.78, 5) is 0. The van der Waals surface area contributed by atoms with Gasteiger partial charge >= 0.3 is 0 Å². The molecule has 4 nitrogen and oxygen atoms in total. The molecule has 0 radical (unpaired) electrons. The smallest absolute Gasteiger partial charge is 0.124 e. The molecule has 3 N–H and O–H groups in total. The number of likely N-dealkylation sites (N-methyl/N-ethyl adjacent to an activating group) is 1. The molecule has 0 amide bonds. The Morgan fingerprint density at radius 1 is 1.17 bits per heavy atom. The van der Waals surface area contributed by atoms with E-state index in [0.29, 0.717) is 0 Å². The lowest BCUT2D eigenvalue weighted by atomic mass is 9.88. The number of methoxy groups -OCH3 is 2. The van der Waals surface area contributed by atoms with Crippen molar-refractivity contribution in [1.82, 2.24) is 5.32 Å². The van der Waals surface area contributed by atoms with Crippen LogP contribution in [0.15, 0.2) is 12.1 Å². The molecule has 0 spiro atoms. The zero-order valence-corrected chi connectivity index (χ0v) is 12.1. The topological polar surface area (TPSA) is 56.5 Å². The van der Waals surface area contributed by atoms with Crippen molar-refractivity contribution in [2.75, 3.05) is 21.3 Å². The van der Waals surface area contributed by atoms with Crippen LogP contribution in [0.25, 0.3) is 0 Å². The molecule has 0 aromatic heterocycles. The molecule has 18 heavy (non-hydrogen) atoms. The fourth-order valence-electron chi connectivity index (χ4n) is 2.23. The third kappa shape index (κ3) is 2.94. The van der Waals surface area contributed by atoms with Crippen molar-refractivity contribution in [3.63, 3.8) is 0 Å². The van der Waals surface area contributed by atoms with E-state index in [2.05, 4.69) is 5.32 Å². The highest BCUT2D eigenvalue weighted by atomic mass is 16.5. The molecule has 1 aromatic rings. The number of nitrogens with one attached hydrogen (secondary N) is 1. The van der Waals surface area contributed by atoms with Gasteiger partial charge in [-0.25, -0.2) is 0 Å². The summed E-state index contributed by atoms with van der Waals surface area (Å²) in [7, 11) is 5.23. The first-order chi connectivity index (χ1) is 8.35. The fraction of sp³-hybridized carbons (Fsp3) is 0.571. The van der Waals surface area contributed by atoms with Gasteiger partial charge in [-0.3, -0.25) is 0 Å². The Labute approximate surface area is 109 Å². The Balaban J connectivity index is 3.36. The van der Waals surface area contributed by atoms with Crippen molar-refractivity contribution < 1.29 is 9.47 Å². The lowest BCUT2D eigenvalue weighted by Crippen LogP contribution is -2.45. The maximum Gasteiger partial charge on any atom is 0.124 e. The molecule has 1 aromatic carbocycles. The molecule has 0 bridgehead atoms. The maximum atomic E-state index is 6.22. The lowest BCUT2D eigenvalue weighted by molar-refractivity contribution is 0.342. The van der Waals surface area contributed by atoms with Crippen molar-refractivity contribution in [3.8, 4) is 11.5 Å². The molecule has 0 fully saturated rings. The van der Waals surface area contributed by atoms with Gasteiger partial charge < -0.3 is 20.5 Å². The lowest BCUT2D eigenvalue weighted by Gasteiger charge is -2.32. The zero-order chi connectivity index (χ0) is 13.9.